The van der Waals surface area contributed by atoms with Crippen LogP contribution in [-0.2, 0) is 17.9 Å². The highest BCUT2D eigenvalue weighted by atomic mass is 35.5. The van der Waals surface area contributed by atoms with Gasteiger partial charge in [-0.3, -0.25) is 24.6 Å². The molecule has 1 aliphatic heterocycles. The van der Waals surface area contributed by atoms with Crippen LogP contribution in [0.3, 0.4) is 0 Å². The molecule has 11 heteroatoms. The summed E-state index contributed by atoms with van der Waals surface area (Å²) in [7, 11) is 0. The monoisotopic (exact) mass is 558 g/mol. The molecule has 37 heavy (non-hydrogen) atoms. The molecule has 1 aliphatic rings. The van der Waals surface area contributed by atoms with Crippen LogP contribution in [0.25, 0.3) is 6.08 Å². The highest BCUT2D eigenvalue weighted by molar-refractivity contribution is 8.18. The zero-order valence-corrected chi connectivity index (χ0v) is 21.8. The average molecular weight is 559 g/mol. The molecule has 0 unspecified atom stereocenters. The molecule has 3 aromatic carbocycles. The number of nitro groups is 1. The van der Waals surface area contributed by atoms with Gasteiger partial charge in [0.15, 0.2) is 11.5 Å². The van der Waals surface area contributed by atoms with E-state index in [0.29, 0.717) is 44.8 Å². The zero-order valence-electron chi connectivity index (χ0n) is 19.5. The first-order valence-corrected chi connectivity index (χ1v) is 12.6. The summed E-state index contributed by atoms with van der Waals surface area (Å²) in [4.78, 5) is 37.4. The Bertz CT molecular complexity index is 1410. The van der Waals surface area contributed by atoms with Crippen molar-refractivity contribution < 1.29 is 24.0 Å². The lowest BCUT2D eigenvalue weighted by molar-refractivity contribution is -0.384. The number of benzene rings is 3. The fourth-order valence-electron chi connectivity index (χ4n) is 3.53. The minimum Gasteiger partial charge on any atom is -0.490 e. The number of carbonyl (C=O) groups is 2. The Kier molecular flexibility index (Phi) is 8.38. The summed E-state index contributed by atoms with van der Waals surface area (Å²) in [6.45, 7) is 2.38. The molecule has 0 aromatic heterocycles. The summed E-state index contributed by atoms with van der Waals surface area (Å²) < 4.78 is 11.6. The van der Waals surface area contributed by atoms with E-state index in [1.165, 1.54) is 12.1 Å². The number of imide groups is 1. The van der Waals surface area contributed by atoms with Crippen molar-refractivity contribution in [3.63, 3.8) is 0 Å². The first-order chi connectivity index (χ1) is 17.7. The third-order valence-electron chi connectivity index (χ3n) is 5.28. The highest BCUT2D eigenvalue weighted by Gasteiger charge is 2.35. The molecular weight excluding hydrogens is 539 g/mol. The number of hydrogen-bond acceptors (Lipinski definition) is 7. The second kappa shape index (κ2) is 11.7. The molecule has 2 amide bonds. The average Bonchev–Trinajstić information content (AvgIpc) is 3.13. The lowest BCUT2D eigenvalue weighted by Crippen LogP contribution is -2.27. The lowest BCUT2D eigenvalue weighted by atomic mass is 10.1. The third-order valence-corrected chi connectivity index (χ3v) is 6.93. The smallest absolute Gasteiger partial charge is 0.293 e. The topological polar surface area (TPSA) is 99.0 Å². The fourth-order valence-corrected chi connectivity index (χ4v) is 4.69. The summed E-state index contributed by atoms with van der Waals surface area (Å²) in [6, 6.07) is 16.3. The number of rotatable bonds is 9. The van der Waals surface area contributed by atoms with Gasteiger partial charge >= 0.3 is 0 Å². The summed E-state index contributed by atoms with van der Waals surface area (Å²) in [5, 5.41) is 11.4. The van der Waals surface area contributed by atoms with E-state index >= 15 is 0 Å². The van der Waals surface area contributed by atoms with Gasteiger partial charge in [-0.25, -0.2) is 0 Å². The highest BCUT2D eigenvalue weighted by Crippen LogP contribution is 2.36. The number of ether oxygens (including phenoxy) is 2. The number of non-ortho nitro benzene ring substituents is 1. The quantitative estimate of drug-likeness (QED) is 0.156. The Hall–Kier alpha value is -3.53. The van der Waals surface area contributed by atoms with Crippen molar-refractivity contribution >= 4 is 57.9 Å². The van der Waals surface area contributed by atoms with Crippen LogP contribution < -0.4 is 9.47 Å². The number of amides is 2. The minimum absolute atomic E-state index is 0.0189. The maximum atomic E-state index is 12.9. The van der Waals surface area contributed by atoms with Crippen LogP contribution in [0.15, 0.2) is 65.6 Å². The predicted molar refractivity (Wildman–Crippen MR) is 143 cm³/mol. The Morgan fingerprint density at radius 1 is 0.973 bits per heavy atom. The SMILES string of the molecule is CCOc1cc(/C=C2\SC(=O)N(Cc3ccc(Cl)c(Cl)c3)C2=O)ccc1OCc1cccc([N+](=O)[O-])c1. The van der Waals surface area contributed by atoms with Crippen molar-refractivity contribution in [2.75, 3.05) is 6.61 Å². The van der Waals surface area contributed by atoms with Gasteiger partial charge in [0, 0.05) is 12.1 Å². The summed E-state index contributed by atoms with van der Waals surface area (Å²) >= 11 is 12.8. The van der Waals surface area contributed by atoms with Crippen LogP contribution in [0.1, 0.15) is 23.6 Å². The van der Waals surface area contributed by atoms with Gasteiger partial charge in [0.25, 0.3) is 16.8 Å². The fraction of sp³-hybridized carbons (Fsp3) is 0.154. The van der Waals surface area contributed by atoms with Gasteiger partial charge in [-0.2, -0.15) is 0 Å². The van der Waals surface area contributed by atoms with Crippen LogP contribution in [0, 0.1) is 10.1 Å². The molecule has 190 valence electrons. The van der Waals surface area contributed by atoms with Gasteiger partial charge in [-0.1, -0.05) is 47.5 Å². The molecule has 1 saturated heterocycles. The number of halogens is 2. The van der Waals surface area contributed by atoms with Crippen molar-refractivity contribution in [1.82, 2.24) is 4.90 Å². The first kappa shape index (κ1) is 26.5. The Morgan fingerprint density at radius 3 is 2.51 bits per heavy atom. The Labute approximate surface area is 226 Å². The van der Waals surface area contributed by atoms with E-state index in [1.54, 1.807) is 54.6 Å². The minimum atomic E-state index is -0.462. The zero-order chi connectivity index (χ0) is 26.5. The summed E-state index contributed by atoms with van der Waals surface area (Å²) in [5.41, 5.74) is 1.94. The van der Waals surface area contributed by atoms with E-state index in [0.717, 1.165) is 16.7 Å². The van der Waals surface area contributed by atoms with Crippen LogP contribution >= 0.6 is 35.0 Å². The van der Waals surface area contributed by atoms with Crippen LogP contribution in [0.5, 0.6) is 11.5 Å². The summed E-state index contributed by atoms with van der Waals surface area (Å²) in [6.07, 6.45) is 1.62. The molecule has 8 nitrogen and oxygen atoms in total. The van der Waals surface area contributed by atoms with E-state index in [2.05, 4.69) is 0 Å². The van der Waals surface area contributed by atoms with Crippen LogP contribution in [-0.4, -0.2) is 27.6 Å². The third kappa shape index (κ3) is 6.43. The Balaban J connectivity index is 1.50. The number of carbonyl (C=O) groups excluding carboxylic acids is 2. The molecule has 1 heterocycles. The van der Waals surface area contributed by atoms with Gasteiger partial charge in [-0.15, -0.1) is 0 Å². The predicted octanol–water partition coefficient (Wildman–Crippen LogP) is 7.12. The van der Waals surface area contributed by atoms with Gasteiger partial charge < -0.3 is 9.47 Å². The van der Waals surface area contributed by atoms with E-state index in [1.807, 2.05) is 6.92 Å². The molecule has 0 aliphatic carbocycles. The number of nitro benzene ring substituents is 1. The molecular formula is C26H20Cl2N2O6S. The van der Waals surface area contributed by atoms with Crippen LogP contribution in [0.4, 0.5) is 10.5 Å². The van der Waals surface area contributed by atoms with Crippen molar-refractivity contribution in [1.29, 1.82) is 0 Å². The molecule has 0 saturated carbocycles. The maximum Gasteiger partial charge on any atom is 0.293 e. The normalized spacial score (nSPS) is 14.4. The lowest BCUT2D eigenvalue weighted by Gasteiger charge is -2.13. The van der Waals surface area contributed by atoms with E-state index in [9.17, 15) is 19.7 Å². The van der Waals surface area contributed by atoms with E-state index < -0.39 is 10.8 Å². The van der Waals surface area contributed by atoms with Gasteiger partial charge in [0.2, 0.25) is 0 Å². The van der Waals surface area contributed by atoms with Gasteiger partial charge in [-0.05, 0) is 65.7 Å². The standard InChI is InChI=1S/C26H20Cl2N2O6S/c1-2-35-23-12-16(7-9-22(23)36-15-18-4-3-5-19(10-18)30(33)34)13-24-25(31)29(26(32)37-24)14-17-6-8-20(27)21(28)11-17/h3-13H,2,14-15H2,1H3/b24-13-. The molecule has 0 radical (unpaired) electrons. The van der Waals surface area contributed by atoms with E-state index in [4.69, 9.17) is 32.7 Å². The first-order valence-electron chi connectivity index (χ1n) is 11.1. The molecule has 3 aromatic rings. The summed E-state index contributed by atoms with van der Waals surface area (Å²) in [5.74, 6) is 0.472. The van der Waals surface area contributed by atoms with Crippen molar-refractivity contribution in [3.8, 4) is 11.5 Å². The molecule has 0 bridgehead atoms. The number of hydrogen-bond donors (Lipinski definition) is 0. The molecule has 1 fully saturated rings. The van der Waals surface area contributed by atoms with Crippen molar-refractivity contribution in [2.24, 2.45) is 0 Å². The number of nitrogens with zero attached hydrogens (tertiary/aromatic N) is 2. The Morgan fingerprint density at radius 2 is 1.78 bits per heavy atom. The molecule has 0 atom stereocenters. The number of thioether (sulfide) groups is 1. The van der Waals surface area contributed by atoms with Crippen molar-refractivity contribution in [2.45, 2.75) is 20.1 Å². The van der Waals surface area contributed by atoms with Gasteiger partial charge in [0.1, 0.15) is 6.61 Å². The second-order valence-electron chi connectivity index (χ2n) is 7.87. The van der Waals surface area contributed by atoms with Crippen molar-refractivity contribution in [3.05, 3.63) is 102 Å². The van der Waals surface area contributed by atoms with Gasteiger partial charge in [0.05, 0.1) is 33.0 Å². The van der Waals surface area contributed by atoms with E-state index in [-0.39, 0.29) is 29.0 Å². The molecule has 0 N–H and O–H groups in total. The second-order valence-corrected chi connectivity index (χ2v) is 9.68. The molecule has 0 spiro atoms. The largest absolute Gasteiger partial charge is 0.490 e. The maximum absolute atomic E-state index is 12.9. The van der Waals surface area contributed by atoms with Crippen LogP contribution in [0.2, 0.25) is 10.0 Å². The molecule has 4 rings (SSSR count).